The van der Waals surface area contributed by atoms with Crippen molar-refractivity contribution in [3.05, 3.63) is 0 Å². The van der Waals surface area contributed by atoms with Gasteiger partial charge in [-0.05, 0) is 6.42 Å². The van der Waals surface area contributed by atoms with Gasteiger partial charge in [0, 0.05) is 0 Å². The van der Waals surface area contributed by atoms with Crippen LogP contribution in [0.4, 0.5) is 0 Å². The van der Waals surface area contributed by atoms with Crippen LogP contribution in [0.1, 0.15) is 45.4 Å². The molecule has 0 bridgehead atoms. The molecule has 0 saturated carbocycles. The molecule has 0 rings (SSSR count). The Morgan fingerprint density at radius 1 is 0.786 bits per heavy atom. The van der Waals surface area contributed by atoms with E-state index in [1.54, 1.807) is 0 Å². The molecule has 0 heterocycles. The fourth-order valence-electron chi connectivity index (χ4n) is 0.984. The summed E-state index contributed by atoms with van der Waals surface area (Å²) in [6, 6.07) is 0. The molecule has 0 spiro atoms. The van der Waals surface area contributed by atoms with E-state index in [0.29, 0.717) is 0 Å². The predicted molar refractivity (Wildman–Crippen MR) is 74.5 cm³/mol. The van der Waals surface area contributed by atoms with Crippen LogP contribution in [0.2, 0.25) is 0 Å². The second-order valence-corrected chi connectivity index (χ2v) is 2.87. The van der Waals surface area contributed by atoms with E-state index in [-0.39, 0.29) is 55.8 Å². The van der Waals surface area contributed by atoms with Crippen LogP contribution in [0.3, 0.4) is 0 Å². The van der Waals surface area contributed by atoms with Gasteiger partial charge in [0.25, 0.3) is 0 Å². The van der Waals surface area contributed by atoms with Gasteiger partial charge in [-0.3, -0.25) is 0 Å². The summed E-state index contributed by atoms with van der Waals surface area (Å²) in [7, 11) is 0. The third-order valence-electron chi connectivity index (χ3n) is 1.64. The van der Waals surface area contributed by atoms with Crippen molar-refractivity contribution in [2.24, 2.45) is 11.5 Å². The number of halogens is 4. The molecule has 0 aromatic rings. The molecular weight excluding hydrogens is 266 g/mol. The summed E-state index contributed by atoms with van der Waals surface area (Å²) in [5.74, 6) is 0. The Labute approximate surface area is 113 Å². The van der Waals surface area contributed by atoms with Gasteiger partial charge in [0.2, 0.25) is 0 Å². The molecule has 0 aromatic carbocycles. The minimum absolute atomic E-state index is 0. The van der Waals surface area contributed by atoms with Crippen LogP contribution < -0.4 is 11.5 Å². The zero-order valence-corrected chi connectivity index (χ0v) is 11.9. The van der Waals surface area contributed by atoms with Crippen LogP contribution in [-0.2, 0) is 0 Å². The Hall–Kier alpha value is 1.08. The molecule has 0 fully saturated rings. The van der Waals surface area contributed by atoms with Crippen LogP contribution in [-0.4, -0.2) is 6.17 Å². The maximum atomic E-state index is 5.38. The van der Waals surface area contributed by atoms with Crippen molar-refractivity contribution in [2.75, 3.05) is 0 Å². The quantitative estimate of drug-likeness (QED) is 0.582. The summed E-state index contributed by atoms with van der Waals surface area (Å²) >= 11 is 0. The zero-order chi connectivity index (χ0) is 7.82. The SMILES string of the molecule is CCCCCCCC(N)N.Cl.Cl.Cl.Cl. The maximum absolute atomic E-state index is 5.38. The molecule has 2 nitrogen and oxygen atoms in total. The van der Waals surface area contributed by atoms with Crippen LogP contribution in [0, 0.1) is 0 Å². The first-order valence-corrected chi connectivity index (χ1v) is 4.28. The third kappa shape index (κ3) is 29.2. The van der Waals surface area contributed by atoms with Crippen molar-refractivity contribution >= 4 is 49.6 Å². The van der Waals surface area contributed by atoms with Crippen molar-refractivity contribution < 1.29 is 0 Å². The van der Waals surface area contributed by atoms with Gasteiger partial charge < -0.3 is 11.5 Å². The second kappa shape index (κ2) is 23.7. The molecule has 0 unspecified atom stereocenters. The highest BCUT2D eigenvalue weighted by Gasteiger charge is 1.92. The molecule has 0 aliphatic rings. The number of hydrogen-bond acceptors (Lipinski definition) is 2. The molecule has 0 aromatic heterocycles. The van der Waals surface area contributed by atoms with Crippen molar-refractivity contribution in [1.29, 1.82) is 0 Å². The van der Waals surface area contributed by atoms with Gasteiger partial charge in [-0.15, -0.1) is 49.6 Å². The Kier molecular flexibility index (Phi) is 49.8. The molecule has 0 atom stereocenters. The minimum atomic E-state index is -0.0957. The maximum Gasteiger partial charge on any atom is 0.0520 e. The first-order valence-electron chi connectivity index (χ1n) is 4.28. The summed E-state index contributed by atoms with van der Waals surface area (Å²) in [5.41, 5.74) is 10.8. The van der Waals surface area contributed by atoms with Crippen molar-refractivity contribution in [3.8, 4) is 0 Å². The van der Waals surface area contributed by atoms with Gasteiger partial charge in [0.1, 0.15) is 0 Å². The van der Waals surface area contributed by atoms with E-state index in [0.717, 1.165) is 6.42 Å². The van der Waals surface area contributed by atoms with Crippen LogP contribution in [0.5, 0.6) is 0 Å². The molecule has 0 aliphatic heterocycles. The van der Waals surface area contributed by atoms with Crippen molar-refractivity contribution in [1.82, 2.24) is 0 Å². The molecule has 94 valence electrons. The average molecular weight is 290 g/mol. The van der Waals surface area contributed by atoms with Crippen LogP contribution in [0.25, 0.3) is 0 Å². The number of hydrogen-bond donors (Lipinski definition) is 2. The number of unbranched alkanes of at least 4 members (excludes halogenated alkanes) is 4. The second-order valence-electron chi connectivity index (χ2n) is 2.87. The summed E-state index contributed by atoms with van der Waals surface area (Å²) < 4.78 is 0. The smallest absolute Gasteiger partial charge is 0.0520 e. The fourth-order valence-corrected chi connectivity index (χ4v) is 0.984. The lowest BCUT2D eigenvalue weighted by atomic mass is 10.1. The zero-order valence-electron chi connectivity index (χ0n) is 8.61. The van der Waals surface area contributed by atoms with Gasteiger partial charge >= 0.3 is 0 Å². The van der Waals surface area contributed by atoms with E-state index >= 15 is 0 Å². The molecule has 14 heavy (non-hydrogen) atoms. The molecule has 0 radical (unpaired) electrons. The Morgan fingerprint density at radius 3 is 1.57 bits per heavy atom. The van der Waals surface area contributed by atoms with Gasteiger partial charge in [0.15, 0.2) is 0 Å². The lowest BCUT2D eigenvalue weighted by Gasteiger charge is -2.03. The largest absolute Gasteiger partial charge is 0.316 e. The molecule has 0 aliphatic carbocycles. The van der Waals surface area contributed by atoms with Crippen molar-refractivity contribution in [2.45, 2.75) is 51.6 Å². The highest BCUT2D eigenvalue weighted by Crippen LogP contribution is 2.04. The monoisotopic (exact) mass is 288 g/mol. The topological polar surface area (TPSA) is 52.0 Å². The van der Waals surface area contributed by atoms with E-state index in [9.17, 15) is 0 Å². The average Bonchev–Trinajstić information content (AvgIpc) is 1.87. The Balaban J connectivity index is -0.0000000675. The summed E-state index contributed by atoms with van der Waals surface area (Å²) in [6.45, 7) is 2.22. The third-order valence-corrected chi connectivity index (χ3v) is 1.64. The standard InChI is InChI=1S/C8H20N2.4ClH/c1-2-3-4-5-6-7-8(9)10;;;;/h8H,2-7,9-10H2,1H3;4*1H. The number of nitrogens with two attached hydrogens (primary N) is 2. The lowest BCUT2D eigenvalue weighted by molar-refractivity contribution is 0.551. The normalized spacial score (nSPS) is 7.71. The Bertz CT molecular complexity index is 74.4. The number of rotatable bonds is 6. The van der Waals surface area contributed by atoms with E-state index < -0.39 is 0 Å². The van der Waals surface area contributed by atoms with E-state index in [1.165, 1.54) is 32.1 Å². The first kappa shape index (κ1) is 29.4. The van der Waals surface area contributed by atoms with E-state index in [2.05, 4.69) is 6.92 Å². The summed E-state index contributed by atoms with van der Waals surface area (Å²) in [6.07, 6.45) is 7.35. The van der Waals surface area contributed by atoms with Gasteiger partial charge in [-0.2, -0.15) is 0 Å². The predicted octanol–water partition coefficient (Wildman–Crippen LogP) is 3.28. The Morgan fingerprint density at radius 2 is 1.21 bits per heavy atom. The minimum Gasteiger partial charge on any atom is -0.316 e. The highest BCUT2D eigenvalue weighted by atomic mass is 35.5. The summed E-state index contributed by atoms with van der Waals surface area (Å²) in [4.78, 5) is 0. The fraction of sp³-hybridized carbons (Fsp3) is 1.00. The van der Waals surface area contributed by atoms with E-state index in [1.807, 2.05) is 0 Å². The molecular formula is C8H24Cl4N2. The van der Waals surface area contributed by atoms with Gasteiger partial charge in [-0.25, -0.2) is 0 Å². The lowest BCUT2D eigenvalue weighted by Crippen LogP contribution is -2.29. The molecule has 0 saturated heterocycles. The van der Waals surface area contributed by atoms with Crippen LogP contribution >= 0.6 is 49.6 Å². The first-order chi connectivity index (χ1) is 4.77. The summed E-state index contributed by atoms with van der Waals surface area (Å²) in [5, 5.41) is 0. The van der Waals surface area contributed by atoms with Gasteiger partial charge in [-0.1, -0.05) is 39.0 Å². The highest BCUT2D eigenvalue weighted by molar-refractivity contribution is 5.86. The molecule has 6 heteroatoms. The van der Waals surface area contributed by atoms with Gasteiger partial charge in [0.05, 0.1) is 6.17 Å². The molecule has 4 N–H and O–H groups in total. The van der Waals surface area contributed by atoms with Crippen LogP contribution in [0.15, 0.2) is 0 Å². The molecule has 0 amide bonds. The van der Waals surface area contributed by atoms with E-state index in [4.69, 9.17) is 11.5 Å². The van der Waals surface area contributed by atoms with Crippen molar-refractivity contribution in [3.63, 3.8) is 0 Å².